The molecule has 1 aromatic carbocycles. The van der Waals surface area contributed by atoms with Gasteiger partial charge in [0.25, 0.3) is 5.91 Å². The van der Waals surface area contributed by atoms with E-state index < -0.39 is 5.60 Å². The van der Waals surface area contributed by atoms with Gasteiger partial charge in [0.15, 0.2) is 0 Å². The van der Waals surface area contributed by atoms with Crippen LogP contribution in [0, 0.1) is 0 Å². The molecule has 2 aromatic heterocycles. The first-order valence-corrected chi connectivity index (χ1v) is 13.1. The highest BCUT2D eigenvalue weighted by Crippen LogP contribution is 2.32. The quantitative estimate of drug-likeness (QED) is 0.536. The van der Waals surface area contributed by atoms with Crippen LogP contribution in [0.5, 0.6) is 0 Å². The molecule has 38 heavy (non-hydrogen) atoms. The van der Waals surface area contributed by atoms with Crippen LogP contribution in [-0.4, -0.2) is 62.9 Å². The predicted molar refractivity (Wildman–Crippen MR) is 147 cm³/mol. The Morgan fingerprint density at radius 2 is 1.87 bits per heavy atom. The molecule has 0 radical (unpaired) electrons. The van der Waals surface area contributed by atoms with Gasteiger partial charge < -0.3 is 14.9 Å². The van der Waals surface area contributed by atoms with Crippen molar-refractivity contribution >= 4 is 23.3 Å². The van der Waals surface area contributed by atoms with Crippen molar-refractivity contribution in [1.29, 1.82) is 0 Å². The number of pyridine rings is 2. The summed E-state index contributed by atoms with van der Waals surface area (Å²) in [5.41, 5.74) is 3.74. The third kappa shape index (κ3) is 5.97. The summed E-state index contributed by atoms with van der Waals surface area (Å²) in [6, 6.07) is 13.1. The van der Waals surface area contributed by atoms with E-state index in [9.17, 15) is 14.7 Å². The van der Waals surface area contributed by atoms with E-state index in [4.69, 9.17) is 0 Å². The van der Waals surface area contributed by atoms with Crippen molar-refractivity contribution in [3.63, 3.8) is 0 Å². The van der Waals surface area contributed by atoms with E-state index in [0.29, 0.717) is 29.9 Å². The van der Waals surface area contributed by atoms with Crippen LogP contribution >= 0.6 is 0 Å². The van der Waals surface area contributed by atoms with Gasteiger partial charge in [-0.15, -0.1) is 0 Å². The van der Waals surface area contributed by atoms with Crippen LogP contribution < -0.4 is 4.90 Å². The summed E-state index contributed by atoms with van der Waals surface area (Å²) in [5, 5.41) is 10.6. The number of fused-ring (bicyclic) bond motifs is 1. The van der Waals surface area contributed by atoms with Gasteiger partial charge in [-0.05, 0) is 74.6 Å². The van der Waals surface area contributed by atoms with Crippen LogP contribution in [0.4, 0.5) is 5.69 Å². The summed E-state index contributed by atoms with van der Waals surface area (Å²) in [4.78, 5) is 43.0. The Balaban J connectivity index is 1.40. The summed E-state index contributed by atoms with van der Waals surface area (Å²) in [6.45, 7) is 5.42. The van der Waals surface area contributed by atoms with Gasteiger partial charge in [0.2, 0.25) is 5.91 Å². The summed E-state index contributed by atoms with van der Waals surface area (Å²) >= 11 is 0. The van der Waals surface area contributed by atoms with Crippen LogP contribution in [0.1, 0.15) is 54.6 Å². The van der Waals surface area contributed by atoms with Gasteiger partial charge in [-0.2, -0.15) is 4.99 Å². The number of β-amino-alcohol motifs (C(OH)–C–C–N with tert-alkyl or cyclic N) is 1. The van der Waals surface area contributed by atoms with E-state index in [0.717, 1.165) is 48.3 Å². The van der Waals surface area contributed by atoms with Crippen molar-refractivity contribution in [3.05, 3.63) is 77.7 Å². The van der Waals surface area contributed by atoms with Gasteiger partial charge in [-0.1, -0.05) is 12.1 Å². The van der Waals surface area contributed by atoms with Crippen LogP contribution in [0.2, 0.25) is 0 Å². The number of rotatable bonds is 6. The number of piperidine rings is 1. The van der Waals surface area contributed by atoms with Crippen LogP contribution in [0.15, 0.2) is 66.0 Å². The number of carbonyl (C=O) groups excluding carboxylic acids is 2. The predicted octanol–water partition coefficient (Wildman–Crippen LogP) is 4.07. The Morgan fingerprint density at radius 3 is 2.61 bits per heavy atom. The third-order valence-corrected chi connectivity index (χ3v) is 6.90. The maximum absolute atomic E-state index is 13.3. The van der Waals surface area contributed by atoms with E-state index in [1.54, 1.807) is 44.6 Å². The molecular weight excluding hydrogens is 478 g/mol. The smallest absolute Gasteiger partial charge is 0.278 e. The molecule has 3 aromatic rings. The molecule has 0 aliphatic carbocycles. The van der Waals surface area contributed by atoms with Gasteiger partial charge in [0.05, 0.1) is 24.3 Å². The number of aromatic nitrogens is 2. The van der Waals surface area contributed by atoms with Crippen LogP contribution in [0.3, 0.4) is 0 Å². The molecule has 1 saturated heterocycles. The molecule has 1 fully saturated rings. The number of carbonyl (C=O) groups is 2. The van der Waals surface area contributed by atoms with Crippen LogP contribution in [0.25, 0.3) is 11.3 Å². The number of amidine groups is 1. The number of amides is 2. The molecule has 0 saturated carbocycles. The van der Waals surface area contributed by atoms with Crippen molar-refractivity contribution in [3.8, 4) is 11.3 Å². The molecular formula is C30H33N5O3. The first-order chi connectivity index (χ1) is 18.3. The number of hydrogen-bond acceptors (Lipinski definition) is 5. The maximum atomic E-state index is 13.3. The zero-order valence-electron chi connectivity index (χ0n) is 21.9. The second-order valence-electron chi connectivity index (χ2n) is 10.7. The summed E-state index contributed by atoms with van der Waals surface area (Å²) in [6.07, 6.45) is 9.11. The van der Waals surface area contributed by atoms with Gasteiger partial charge in [0, 0.05) is 54.9 Å². The average Bonchev–Trinajstić information content (AvgIpc) is 3.24. The summed E-state index contributed by atoms with van der Waals surface area (Å²) < 4.78 is 0. The Bertz CT molecular complexity index is 1360. The lowest BCUT2D eigenvalue weighted by molar-refractivity contribution is -0.131. The Hall–Kier alpha value is -3.91. The molecule has 0 spiro atoms. The van der Waals surface area contributed by atoms with E-state index in [1.165, 1.54) is 6.42 Å². The molecule has 196 valence electrons. The highest BCUT2D eigenvalue weighted by molar-refractivity contribution is 6.12. The van der Waals surface area contributed by atoms with Crippen molar-refractivity contribution in [2.75, 3.05) is 24.5 Å². The minimum absolute atomic E-state index is 0.155. The second-order valence-corrected chi connectivity index (χ2v) is 10.7. The van der Waals surface area contributed by atoms with Crippen molar-refractivity contribution in [2.24, 2.45) is 4.99 Å². The Morgan fingerprint density at radius 1 is 1.05 bits per heavy atom. The van der Waals surface area contributed by atoms with E-state index in [1.807, 2.05) is 40.1 Å². The lowest BCUT2D eigenvalue weighted by atomic mass is 10.0. The molecule has 0 atom stereocenters. The van der Waals surface area contributed by atoms with E-state index in [-0.39, 0.29) is 18.4 Å². The van der Waals surface area contributed by atoms with Crippen molar-refractivity contribution in [2.45, 2.75) is 51.6 Å². The van der Waals surface area contributed by atoms with Gasteiger partial charge >= 0.3 is 0 Å². The van der Waals surface area contributed by atoms with Gasteiger partial charge in [-0.3, -0.25) is 19.6 Å². The fourth-order valence-electron chi connectivity index (χ4n) is 5.07. The number of anilines is 1. The molecule has 8 heteroatoms. The van der Waals surface area contributed by atoms with E-state index >= 15 is 0 Å². The maximum Gasteiger partial charge on any atom is 0.278 e. The molecule has 2 amide bonds. The molecule has 5 rings (SSSR count). The average molecular weight is 512 g/mol. The molecule has 0 bridgehead atoms. The molecule has 1 N–H and O–H groups in total. The lowest BCUT2D eigenvalue weighted by Crippen LogP contribution is -2.40. The Labute approximate surface area is 223 Å². The monoisotopic (exact) mass is 511 g/mol. The van der Waals surface area contributed by atoms with E-state index in [2.05, 4.69) is 15.0 Å². The first-order valence-electron chi connectivity index (χ1n) is 13.1. The van der Waals surface area contributed by atoms with Crippen molar-refractivity contribution in [1.82, 2.24) is 14.9 Å². The summed E-state index contributed by atoms with van der Waals surface area (Å²) in [7, 11) is 0. The fraction of sp³-hybridized carbons (Fsp3) is 0.367. The minimum atomic E-state index is -1.00. The molecule has 8 nitrogen and oxygen atoms in total. The number of hydrogen-bond donors (Lipinski definition) is 1. The number of aliphatic imine (C=N–C) groups is 1. The molecule has 4 heterocycles. The highest BCUT2D eigenvalue weighted by atomic mass is 16.3. The number of likely N-dealkylation sites (tertiary alicyclic amines) is 1. The molecule has 0 unspecified atom stereocenters. The second kappa shape index (κ2) is 10.8. The lowest BCUT2D eigenvalue weighted by Gasteiger charge is -2.28. The number of benzene rings is 1. The van der Waals surface area contributed by atoms with Gasteiger partial charge in [0.1, 0.15) is 5.84 Å². The standard InChI is InChI=1S/C30H33N5O3/c1-30(2,38)20-35-26-9-8-21(16-28(36)34-13-4-3-5-14-34)15-24(26)18-27(35)33-29(37)22-10-12-32-25(17-22)23-7-6-11-31-19-23/h6-12,15,17,19,38H,3-5,13-14,16,18,20H2,1-2H3. The van der Waals surface area contributed by atoms with Crippen LogP contribution in [-0.2, 0) is 17.6 Å². The Kier molecular flexibility index (Phi) is 7.33. The molecule has 2 aliphatic heterocycles. The summed E-state index contributed by atoms with van der Waals surface area (Å²) in [5.74, 6) is 0.357. The highest BCUT2D eigenvalue weighted by Gasteiger charge is 2.31. The minimum Gasteiger partial charge on any atom is -0.389 e. The number of nitrogens with zero attached hydrogens (tertiary/aromatic N) is 5. The van der Waals surface area contributed by atoms with Gasteiger partial charge in [-0.25, -0.2) is 0 Å². The third-order valence-electron chi connectivity index (χ3n) is 6.90. The zero-order chi connectivity index (χ0) is 26.7. The van der Waals surface area contributed by atoms with Crippen molar-refractivity contribution < 1.29 is 14.7 Å². The zero-order valence-corrected chi connectivity index (χ0v) is 21.9. The largest absolute Gasteiger partial charge is 0.389 e. The normalized spacial score (nSPS) is 16.6. The first kappa shape index (κ1) is 25.7. The SMILES string of the molecule is CC(C)(O)CN1C(=NC(=O)c2ccnc(-c3cccnc3)c2)Cc2cc(CC(=O)N3CCCCC3)ccc21. The number of aliphatic hydroxyl groups is 1. The fourth-order valence-corrected chi connectivity index (χ4v) is 5.07. The molecule has 2 aliphatic rings. The topological polar surface area (TPSA) is 99.0 Å².